The van der Waals surface area contributed by atoms with Crippen molar-refractivity contribution in [2.24, 2.45) is 0 Å². The molecule has 4 nitrogen and oxygen atoms in total. The maximum Gasteiger partial charge on any atom is 0.226 e. The molecule has 130 valence electrons. The highest BCUT2D eigenvalue weighted by Crippen LogP contribution is 2.30. The third-order valence-corrected chi connectivity index (χ3v) is 5.18. The summed E-state index contributed by atoms with van der Waals surface area (Å²) in [7, 11) is 0. The number of fused-ring (bicyclic) bond motifs is 1. The summed E-state index contributed by atoms with van der Waals surface area (Å²) in [5, 5.41) is 7.35. The summed E-state index contributed by atoms with van der Waals surface area (Å²) in [4.78, 5) is 14.6. The lowest BCUT2D eigenvalue weighted by Crippen LogP contribution is -2.36. The second kappa shape index (κ2) is 6.82. The summed E-state index contributed by atoms with van der Waals surface area (Å²) >= 11 is 0. The topological polar surface area (TPSA) is 49.0 Å². The first kappa shape index (κ1) is 16.1. The molecule has 1 aromatic heterocycles. The van der Waals surface area contributed by atoms with E-state index in [0.717, 1.165) is 30.5 Å². The lowest BCUT2D eigenvalue weighted by atomic mass is 9.96. The van der Waals surface area contributed by atoms with Crippen molar-refractivity contribution >= 4 is 5.91 Å². The number of aromatic nitrogens is 2. The Morgan fingerprint density at radius 3 is 2.92 bits per heavy atom. The maximum absolute atomic E-state index is 14.1. The van der Waals surface area contributed by atoms with Gasteiger partial charge < -0.3 is 4.90 Å². The third-order valence-electron chi connectivity index (χ3n) is 5.18. The normalized spacial score (nSPS) is 17.2. The summed E-state index contributed by atoms with van der Waals surface area (Å²) in [6, 6.07) is 6.66. The van der Waals surface area contributed by atoms with Crippen LogP contribution in [0, 0.1) is 5.82 Å². The Bertz CT molecular complexity index is 824. The molecule has 2 aromatic rings. The van der Waals surface area contributed by atoms with Gasteiger partial charge >= 0.3 is 0 Å². The van der Waals surface area contributed by atoms with Crippen molar-refractivity contribution in [2.45, 2.75) is 45.1 Å². The van der Waals surface area contributed by atoms with Crippen molar-refractivity contribution in [3.05, 3.63) is 53.0 Å². The van der Waals surface area contributed by atoms with Crippen molar-refractivity contribution in [1.29, 1.82) is 0 Å². The summed E-state index contributed by atoms with van der Waals surface area (Å²) in [6.45, 7) is 1.19. The molecule has 2 heterocycles. The molecular weight excluding hydrogens is 317 g/mol. The minimum atomic E-state index is -0.285. The number of amides is 1. The van der Waals surface area contributed by atoms with Crippen LogP contribution in [-0.2, 0) is 17.8 Å². The van der Waals surface area contributed by atoms with Crippen LogP contribution in [0.4, 0.5) is 4.39 Å². The number of hydrogen-bond donors (Lipinski definition) is 1. The summed E-state index contributed by atoms with van der Waals surface area (Å²) in [6.07, 6.45) is 8.01. The van der Waals surface area contributed by atoms with Gasteiger partial charge in [0.15, 0.2) is 0 Å². The molecule has 2 aliphatic rings. The smallest absolute Gasteiger partial charge is 0.226 e. The van der Waals surface area contributed by atoms with Crippen LogP contribution >= 0.6 is 0 Å². The van der Waals surface area contributed by atoms with Gasteiger partial charge in [-0.1, -0.05) is 23.8 Å². The van der Waals surface area contributed by atoms with E-state index in [4.69, 9.17) is 0 Å². The Balaban J connectivity index is 1.54. The fraction of sp³-hybridized carbons (Fsp3) is 0.400. The standard InChI is InChI=1S/C20H22FN3O/c21-17-9-5-4-8-15(17)20-16-13-24(11-10-18(16)22-23-20)19(25)12-14-6-2-1-3-7-14/h4-6,8-9H,1-3,7,10-13H2,(H,22,23). The summed E-state index contributed by atoms with van der Waals surface area (Å²) in [5.41, 5.74) is 4.34. The van der Waals surface area contributed by atoms with E-state index < -0.39 is 0 Å². The lowest BCUT2D eigenvalue weighted by Gasteiger charge is -2.28. The van der Waals surface area contributed by atoms with Gasteiger partial charge in [0.2, 0.25) is 5.91 Å². The molecule has 4 rings (SSSR count). The van der Waals surface area contributed by atoms with Gasteiger partial charge in [-0.3, -0.25) is 9.89 Å². The van der Waals surface area contributed by atoms with E-state index in [1.165, 1.54) is 24.5 Å². The molecule has 1 aliphatic carbocycles. The zero-order chi connectivity index (χ0) is 17.2. The Morgan fingerprint density at radius 1 is 1.24 bits per heavy atom. The fourth-order valence-corrected chi connectivity index (χ4v) is 3.76. The van der Waals surface area contributed by atoms with Crippen LogP contribution in [0.5, 0.6) is 0 Å². The first-order chi connectivity index (χ1) is 12.2. The summed E-state index contributed by atoms with van der Waals surface area (Å²) < 4.78 is 14.1. The van der Waals surface area contributed by atoms with E-state index in [-0.39, 0.29) is 11.7 Å². The van der Waals surface area contributed by atoms with Gasteiger partial charge in [-0.2, -0.15) is 5.10 Å². The number of benzene rings is 1. The number of hydrogen-bond acceptors (Lipinski definition) is 2. The quantitative estimate of drug-likeness (QED) is 0.860. The highest BCUT2D eigenvalue weighted by molar-refractivity contribution is 5.79. The Hall–Kier alpha value is -2.43. The van der Waals surface area contributed by atoms with E-state index in [1.807, 2.05) is 4.90 Å². The average molecular weight is 339 g/mol. The number of nitrogens with zero attached hydrogens (tertiary/aromatic N) is 2. The van der Waals surface area contributed by atoms with Gasteiger partial charge in [0, 0.05) is 42.8 Å². The molecule has 1 aliphatic heterocycles. The predicted molar refractivity (Wildman–Crippen MR) is 94.3 cm³/mol. The SMILES string of the molecule is O=C(CC1=CCCCC1)N1CCc2[nH]nc(-c3ccccc3F)c2C1. The van der Waals surface area contributed by atoms with E-state index >= 15 is 0 Å². The molecule has 0 saturated heterocycles. The number of halogens is 1. The second-order valence-corrected chi connectivity index (χ2v) is 6.86. The molecule has 0 radical (unpaired) electrons. The van der Waals surface area contributed by atoms with Crippen LogP contribution in [-0.4, -0.2) is 27.5 Å². The zero-order valence-electron chi connectivity index (χ0n) is 14.2. The molecule has 0 atom stereocenters. The zero-order valence-corrected chi connectivity index (χ0v) is 14.2. The molecule has 0 bridgehead atoms. The highest BCUT2D eigenvalue weighted by Gasteiger charge is 2.27. The first-order valence-corrected chi connectivity index (χ1v) is 8.99. The van der Waals surface area contributed by atoms with Gasteiger partial charge in [0.25, 0.3) is 0 Å². The number of carbonyl (C=O) groups excluding carboxylic acids is 1. The third kappa shape index (κ3) is 3.23. The molecule has 0 saturated carbocycles. The van der Waals surface area contributed by atoms with Gasteiger partial charge in [0.1, 0.15) is 11.5 Å². The molecule has 1 aromatic carbocycles. The van der Waals surface area contributed by atoms with Gasteiger partial charge in [0.05, 0.1) is 0 Å². The van der Waals surface area contributed by atoms with Crippen molar-refractivity contribution in [3.8, 4) is 11.3 Å². The Kier molecular flexibility index (Phi) is 4.38. The van der Waals surface area contributed by atoms with E-state index in [1.54, 1.807) is 18.2 Å². The van der Waals surface area contributed by atoms with Gasteiger partial charge in [-0.05, 0) is 37.8 Å². The van der Waals surface area contributed by atoms with E-state index in [9.17, 15) is 9.18 Å². The Labute approximate surface area is 146 Å². The van der Waals surface area contributed by atoms with Crippen molar-refractivity contribution in [3.63, 3.8) is 0 Å². The number of carbonyl (C=O) groups is 1. The number of rotatable bonds is 3. The predicted octanol–water partition coefficient (Wildman–Crippen LogP) is 3.99. The van der Waals surface area contributed by atoms with Crippen molar-refractivity contribution in [1.82, 2.24) is 15.1 Å². The number of aromatic amines is 1. The van der Waals surface area contributed by atoms with E-state index in [2.05, 4.69) is 16.3 Å². The van der Waals surface area contributed by atoms with Crippen LogP contribution in [0.3, 0.4) is 0 Å². The van der Waals surface area contributed by atoms with Crippen molar-refractivity contribution in [2.75, 3.05) is 6.54 Å². The monoisotopic (exact) mass is 339 g/mol. The van der Waals surface area contributed by atoms with E-state index in [0.29, 0.717) is 30.8 Å². The largest absolute Gasteiger partial charge is 0.338 e. The molecule has 1 N–H and O–H groups in total. The molecule has 0 unspecified atom stereocenters. The second-order valence-electron chi connectivity index (χ2n) is 6.86. The number of allylic oxidation sites excluding steroid dienone is 1. The molecule has 25 heavy (non-hydrogen) atoms. The molecule has 0 spiro atoms. The van der Waals surface area contributed by atoms with Crippen LogP contribution in [0.1, 0.15) is 43.4 Å². The van der Waals surface area contributed by atoms with Gasteiger partial charge in [-0.15, -0.1) is 0 Å². The summed E-state index contributed by atoms with van der Waals surface area (Å²) in [5.74, 6) is -0.118. The molecule has 1 amide bonds. The molecule has 0 fully saturated rings. The minimum absolute atomic E-state index is 0.166. The van der Waals surface area contributed by atoms with Crippen molar-refractivity contribution < 1.29 is 9.18 Å². The number of nitrogens with one attached hydrogen (secondary N) is 1. The van der Waals surface area contributed by atoms with Crippen LogP contribution in [0.2, 0.25) is 0 Å². The van der Waals surface area contributed by atoms with Crippen LogP contribution in [0.25, 0.3) is 11.3 Å². The minimum Gasteiger partial charge on any atom is -0.338 e. The maximum atomic E-state index is 14.1. The lowest BCUT2D eigenvalue weighted by molar-refractivity contribution is -0.131. The highest BCUT2D eigenvalue weighted by atomic mass is 19.1. The molecular formula is C20H22FN3O. The Morgan fingerprint density at radius 2 is 2.12 bits per heavy atom. The first-order valence-electron chi connectivity index (χ1n) is 8.99. The number of H-pyrrole nitrogens is 1. The van der Waals surface area contributed by atoms with Crippen LogP contribution in [0.15, 0.2) is 35.9 Å². The average Bonchev–Trinajstić information content (AvgIpc) is 3.06. The van der Waals surface area contributed by atoms with Gasteiger partial charge in [-0.25, -0.2) is 4.39 Å². The fourth-order valence-electron chi connectivity index (χ4n) is 3.76. The molecule has 5 heteroatoms. The van der Waals surface area contributed by atoms with Crippen LogP contribution < -0.4 is 0 Å².